The van der Waals surface area contributed by atoms with Gasteiger partial charge in [0.25, 0.3) is 0 Å². The van der Waals surface area contributed by atoms with Crippen LogP contribution in [0.25, 0.3) is 0 Å². The van der Waals surface area contributed by atoms with Gasteiger partial charge in [-0.05, 0) is 37.1 Å². The summed E-state index contributed by atoms with van der Waals surface area (Å²) in [7, 11) is -3.60. The van der Waals surface area contributed by atoms with Gasteiger partial charge in [-0.15, -0.1) is 0 Å². The molecule has 2 aromatic carbocycles. The van der Waals surface area contributed by atoms with Crippen LogP contribution < -0.4 is 4.72 Å². The summed E-state index contributed by atoms with van der Waals surface area (Å²) >= 11 is 0. The third-order valence-corrected chi connectivity index (χ3v) is 4.11. The van der Waals surface area contributed by atoms with E-state index < -0.39 is 27.7 Å². The van der Waals surface area contributed by atoms with E-state index in [2.05, 4.69) is 4.72 Å². The van der Waals surface area contributed by atoms with Crippen LogP contribution in [0, 0.1) is 12.7 Å². The van der Waals surface area contributed by atoms with Gasteiger partial charge < -0.3 is 4.74 Å². The maximum Gasteiger partial charge on any atom is 0.317 e. The summed E-state index contributed by atoms with van der Waals surface area (Å²) in [6.07, 6.45) is 0.939. The molecule has 5 nitrogen and oxygen atoms in total. The van der Waals surface area contributed by atoms with Crippen molar-refractivity contribution in [3.8, 4) is 0 Å². The molecule has 1 unspecified atom stereocenters. The van der Waals surface area contributed by atoms with Crippen LogP contribution in [0.1, 0.15) is 29.5 Å². The molecular weight excluding hydrogens is 345 g/mol. The number of anilines is 1. The second kappa shape index (κ2) is 7.65. The monoisotopic (exact) mass is 365 g/mol. The fourth-order valence-electron chi connectivity index (χ4n) is 2.53. The zero-order chi connectivity index (χ0) is 18.6. The molecule has 0 aliphatic rings. The summed E-state index contributed by atoms with van der Waals surface area (Å²) in [5.41, 5.74) is 1.86. The first-order valence-corrected chi connectivity index (χ1v) is 9.61. The highest BCUT2D eigenvalue weighted by Crippen LogP contribution is 2.29. The third kappa shape index (κ3) is 5.03. The second-order valence-electron chi connectivity index (χ2n) is 5.71. The van der Waals surface area contributed by atoms with Gasteiger partial charge in [-0.3, -0.25) is 9.52 Å². The number of benzene rings is 2. The van der Waals surface area contributed by atoms with Gasteiger partial charge >= 0.3 is 5.97 Å². The van der Waals surface area contributed by atoms with E-state index in [4.69, 9.17) is 4.74 Å². The SMILES string of the molecule is CCOC(=O)C(c1cccc(C)c1)c1ccc(NS(C)(=O)=O)c(F)c1. The number of hydrogen-bond acceptors (Lipinski definition) is 4. The summed E-state index contributed by atoms with van der Waals surface area (Å²) in [6, 6.07) is 11.3. The molecule has 0 bridgehead atoms. The molecule has 0 aliphatic heterocycles. The van der Waals surface area contributed by atoms with E-state index in [0.29, 0.717) is 11.1 Å². The molecule has 1 N–H and O–H groups in total. The van der Waals surface area contributed by atoms with Crippen LogP contribution in [-0.4, -0.2) is 27.2 Å². The molecule has 134 valence electrons. The Hall–Kier alpha value is -2.41. The number of nitrogens with one attached hydrogen (secondary N) is 1. The fraction of sp³-hybridized carbons (Fsp3) is 0.278. The lowest BCUT2D eigenvalue weighted by atomic mass is 9.90. The number of ether oxygens (including phenoxy) is 1. The zero-order valence-electron chi connectivity index (χ0n) is 14.2. The molecule has 0 fully saturated rings. The predicted octanol–water partition coefficient (Wildman–Crippen LogP) is 3.20. The molecule has 0 heterocycles. The van der Waals surface area contributed by atoms with E-state index in [9.17, 15) is 17.6 Å². The Morgan fingerprint density at radius 1 is 1.20 bits per heavy atom. The molecule has 2 aromatic rings. The minimum Gasteiger partial charge on any atom is -0.465 e. The lowest BCUT2D eigenvalue weighted by Crippen LogP contribution is -2.18. The molecule has 0 saturated heterocycles. The van der Waals surface area contributed by atoms with Crippen molar-refractivity contribution in [2.75, 3.05) is 17.6 Å². The van der Waals surface area contributed by atoms with Crippen LogP contribution in [-0.2, 0) is 19.6 Å². The van der Waals surface area contributed by atoms with E-state index >= 15 is 0 Å². The maximum atomic E-state index is 14.3. The number of rotatable bonds is 6. The van der Waals surface area contributed by atoms with Gasteiger partial charge in [-0.1, -0.05) is 35.9 Å². The Balaban J connectivity index is 2.47. The number of halogens is 1. The van der Waals surface area contributed by atoms with Crippen molar-refractivity contribution in [1.29, 1.82) is 0 Å². The largest absolute Gasteiger partial charge is 0.465 e. The number of esters is 1. The average Bonchev–Trinajstić information content (AvgIpc) is 2.49. The topological polar surface area (TPSA) is 72.5 Å². The third-order valence-electron chi connectivity index (χ3n) is 3.52. The normalized spacial score (nSPS) is 12.5. The molecule has 0 aliphatic carbocycles. The van der Waals surface area contributed by atoms with Gasteiger partial charge in [0.05, 0.1) is 18.6 Å². The van der Waals surface area contributed by atoms with Crippen LogP contribution in [0.2, 0.25) is 0 Å². The average molecular weight is 365 g/mol. The Kier molecular flexibility index (Phi) is 5.79. The van der Waals surface area contributed by atoms with Gasteiger partial charge in [-0.25, -0.2) is 12.8 Å². The molecule has 2 rings (SSSR count). The van der Waals surface area contributed by atoms with E-state index in [1.807, 2.05) is 25.1 Å². The highest BCUT2D eigenvalue weighted by molar-refractivity contribution is 7.92. The molecule has 0 amide bonds. The van der Waals surface area contributed by atoms with E-state index in [-0.39, 0.29) is 12.3 Å². The minimum absolute atomic E-state index is 0.168. The summed E-state index contributed by atoms with van der Waals surface area (Å²) in [5.74, 6) is -2.04. The summed E-state index contributed by atoms with van der Waals surface area (Å²) in [6.45, 7) is 3.80. The first-order chi connectivity index (χ1) is 11.7. The second-order valence-corrected chi connectivity index (χ2v) is 7.46. The van der Waals surface area contributed by atoms with Crippen molar-refractivity contribution in [3.63, 3.8) is 0 Å². The molecule has 0 radical (unpaired) electrons. The summed E-state index contributed by atoms with van der Waals surface area (Å²) in [4.78, 5) is 12.4. The molecule has 0 aromatic heterocycles. The predicted molar refractivity (Wildman–Crippen MR) is 94.5 cm³/mol. The molecule has 25 heavy (non-hydrogen) atoms. The standard InChI is InChI=1S/C18H20FNO4S/c1-4-24-18(21)17(13-7-5-6-12(2)10-13)14-8-9-16(15(19)11-14)20-25(3,22)23/h5-11,17,20H,4H2,1-3H3. The van der Waals surface area contributed by atoms with E-state index in [0.717, 1.165) is 17.9 Å². The smallest absolute Gasteiger partial charge is 0.317 e. The molecule has 0 saturated carbocycles. The highest BCUT2D eigenvalue weighted by Gasteiger charge is 2.25. The van der Waals surface area contributed by atoms with Crippen LogP contribution in [0.5, 0.6) is 0 Å². The van der Waals surface area contributed by atoms with Gasteiger partial charge in [0.2, 0.25) is 10.0 Å². The Labute approximate surface area is 146 Å². The molecule has 1 atom stereocenters. The Morgan fingerprint density at radius 3 is 2.44 bits per heavy atom. The minimum atomic E-state index is -3.60. The van der Waals surface area contributed by atoms with Crippen LogP contribution in [0.3, 0.4) is 0 Å². The van der Waals surface area contributed by atoms with Crippen molar-refractivity contribution in [3.05, 3.63) is 65.0 Å². The fourth-order valence-corrected chi connectivity index (χ4v) is 3.10. The first-order valence-electron chi connectivity index (χ1n) is 7.71. The summed E-state index contributed by atoms with van der Waals surface area (Å²) < 4.78 is 44.1. The van der Waals surface area contributed by atoms with Crippen molar-refractivity contribution in [1.82, 2.24) is 0 Å². The molecule has 7 heteroatoms. The number of carbonyl (C=O) groups is 1. The van der Waals surface area contributed by atoms with Gasteiger partial charge in [0.1, 0.15) is 11.7 Å². The van der Waals surface area contributed by atoms with Crippen LogP contribution in [0.15, 0.2) is 42.5 Å². The quantitative estimate of drug-likeness (QED) is 0.798. The number of aryl methyl sites for hydroxylation is 1. The van der Waals surface area contributed by atoms with Gasteiger partial charge in [0.15, 0.2) is 0 Å². The summed E-state index contributed by atoms with van der Waals surface area (Å²) in [5, 5.41) is 0. The number of hydrogen-bond donors (Lipinski definition) is 1. The highest BCUT2D eigenvalue weighted by atomic mass is 32.2. The van der Waals surface area contributed by atoms with Crippen molar-refractivity contribution in [2.24, 2.45) is 0 Å². The van der Waals surface area contributed by atoms with Crippen molar-refractivity contribution >= 4 is 21.7 Å². The van der Waals surface area contributed by atoms with E-state index in [1.165, 1.54) is 12.1 Å². The Morgan fingerprint density at radius 2 is 1.88 bits per heavy atom. The van der Waals surface area contributed by atoms with Crippen LogP contribution >= 0.6 is 0 Å². The molecule has 0 spiro atoms. The Bertz CT molecular complexity index is 880. The lowest BCUT2D eigenvalue weighted by molar-refractivity contribution is -0.143. The molecular formula is C18H20FNO4S. The lowest BCUT2D eigenvalue weighted by Gasteiger charge is -2.18. The maximum absolute atomic E-state index is 14.3. The van der Waals surface area contributed by atoms with Gasteiger partial charge in [0, 0.05) is 0 Å². The van der Waals surface area contributed by atoms with Gasteiger partial charge in [-0.2, -0.15) is 0 Å². The van der Waals surface area contributed by atoms with Crippen LogP contribution in [0.4, 0.5) is 10.1 Å². The number of carbonyl (C=O) groups excluding carboxylic acids is 1. The van der Waals surface area contributed by atoms with E-state index in [1.54, 1.807) is 13.0 Å². The first kappa shape index (κ1) is 18.9. The van der Waals surface area contributed by atoms with Crippen molar-refractivity contribution in [2.45, 2.75) is 19.8 Å². The van der Waals surface area contributed by atoms with Crippen molar-refractivity contribution < 1.29 is 22.3 Å². The zero-order valence-corrected chi connectivity index (χ0v) is 15.1. The number of sulfonamides is 1.